The quantitative estimate of drug-likeness (QED) is 0.770. The van der Waals surface area contributed by atoms with E-state index in [9.17, 15) is 4.79 Å². The molecule has 2 heterocycles. The van der Waals surface area contributed by atoms with Crippen molar-refractivity contribution in [3.8, 4) is 5.88 Å². The molecule has 0 N–H and O–H groups in total. The molecule has 1 aliphatic rings. The van der Waals surface area contributed by atoms with Gasteiger partial charge in [-0.3, -0.25) is 4.79 Å². The van der Waals surface area contributed by atoms with Crippen LogP contribution in [0.15, 0.2) is 18.3 Å². The van der Waals surface area contributed by atoms with Crippen molar-refractivity contribution in [2.75, 3.05) is 19.7 Å². The molecule has 1 aromatic heterocycles. The molecule has 0 aromatic carbocycles. The maximum Gasteiger partial charge on any atom is 0.222 e. The number of likely N-dealkylation sites (tertiary alicyclic amines) is 1. The fourth-order valence-electron chi connectivity index (χ4n) is 1.79. The third-order valence-corrected chi connectivity index (χ3v) is 2.67. The Bertz CT molecular complexity index is 379. The largest absolute Gasteiger partial charge is 0.476 e. The van der Waals surface area contributed by atoms with Crippen molar-refractivity contribution in [1.82, 2.24) is 9.88 Å². The first-order chi connectivity index (χ1) is 7.75. The first kappa shape index (κ1) is 10.9. The number of hydrogen-bond donors (Lipinski definition) is 0. The smallest absolute Gasteiger partial charge is 0.222 e. The topological polar surface area (TPSA) is 42.4 Å². The Balaban J connectivity index is 1.77. The molecule has 4 nitrogen and oxygen atoms in total. The first-order valence-corrected chi connectivity index (χ1v) is 5.59. The van der Waals surface area contributed by atoms with Gasteiger partial charge in [-0.25, -0.2) is 4.98 Å². The average Bonchev–Trinajstić information content (AvgIpc) is 2.65. The fraction of sp³-hybridized carbons (Fsp3) is 0.500. The third kappa shape index (κ3) is 2.72. The standard InChI is InChI=1S/C12H16N2O2/c1-10-4-5-13-11(9-10)16-8-7-14-6-2-3-12(14)15/h4-5,9H,2-3,6-8H2,1H3. The minimum absolute atomic E-state index is 0.237. The second-order valence-electron chi connectivity index (χ2n) is 4.00. The summed E-state index contributed by atoms with van der Waals surface area (Å²) in [5.41, 5.74) is 1.13. The number of nitrogens with zero attached hydrogens (tertiary/aromatic N) is 2. The van der Waals surface area contributed by atoms with Crippen LogP contribution >= 0.6 is 0 Å². The zero-order valence-electron chi connectivity index (χ0n) is 9.48. The van der Waals surface area contributed by atoms with Gasteiger partial charge in [0.1, 0.15) is 6.61 Å². The number of carbonyl (C=O) groups is 1. The predicted molar refractivity (Wildman–Crippen MR) is 60.3 cm³/mol. The number of aryl methyl sites for hydroxylation is 1. The van der Waals surface area contributed by atoms with Gasteiger partial charge in [0.15, 0.2) is 0 Å². The van der Waals surface area contributed by atoms with Crippen LogP contribution in [-0.2, 0) is 4.79 Å². The molecule has 0 bridgehead atoms. The van der Waals surface area contributed by atoms with Crippen LogP contribution in [0, 0.1) is 6.92 Å². The summed E-state index contributed by atoms with van der Waals surface area (Å²) in [6.07, 6.45) is 3.38. The molecule has 1 amide bonds. The summed E-state index contributed by atoms with van der Waals surface area (Å²) in [5.74, 6) is 0.868. The van der Waals surface area contributed by atoms with Crippen LogP contribution in [0.3, 0.4) is 0 Å². The van der Waals surface area contributed by atoms with Crippen molar-refractivity contribution >= 4 is 5.91 Å². The van der Waals surface area contributed by atoms with Crippen LogP contribution in [0.5, 0.6) is 5.88 Å². The van der Waals surface area contributed by atoms with Crippen LogP contribution in [0.25, 0.3) is 0 Å². The summed E-state index contributed by atoms with van der Waals surface area (Å²) in [4.78, 5) is 17.3. The Morgan fingerprint density at radius 3 is 3.12 bits per heavy atom. The van der Waals surface area contributed by atoms with Gasteiger partial charge >= 0.3 is 0 Å². The average molecular weight is 220 g/mol. The maximum atomic E-state index is 11.3. The lowest BCUT2D eigenvalue weighted by molar-refractivity contribution is -0.128. The van der Waals surface area contributed by atoms with Crippen LogP contribution in [0.2, 0.25) is 0 Å². The van der Waals surface area contributed by atoms with E-state index in [2.05, 4.69) is 4.98 Å². The zero-order valence-corrected chi connectivity index (χ0v) is 9.48. The molecule has 1 saturated heterocycles. The van der Waals surface area contributed by atoms with E-state index in [1.165, 1.54) is 0 Å². The van der Waals surface area contributed by atoms with Crippen molar-refractivity contribution < 1.29 is 9.53 Å². The predicted octanol–water partition coefficient (Wildman–Crippen LogP) is 1.39. The lowest BCUT2D eigenvalue weighted by Gasteiger charge is -2.15. The molecule has 86 valence electrons. The van der Waals surface area contributed by atoms with E-state index in [-0.39, 0.29) is 5.91 Å². The highest BCUT2D eigenvalue weighted by Crippen LogP contribution is 2.10. The highest BCUT2D eigenvalue weighted by atomic mass is 16.5. The van der Waals surface area contributed by atoms with Crippen molar-refractivity contribution in [3.05, 3.63) is 23.9 Å². The number of aromatic nitrogens is 1. The molecular weight excluding hydrogens is 204 g/mol. The third-order valence-electron chi connectivity index (χ3n) is 2.67. The molecule has 0 radical (unpaired) electrons. The summed E-state index contributed by atoms with van der Waals surface area (Å²) in [6.45, 7) is 4.04. The van der Waals surface area contributed by atoms with Crippen LogP contribution in [-0.4, -0.2) is 35.5 Å². The van der Waals surface area contributed by atoms with E-state index in [0.717, 1.165) is 18.5 Å². The van der Waals surface area contributed by atoms with E-state index < -0.39 is 0 Å². The first-order valence-electron chi connectivity index (χ1n) is 5.59. The summed E-state index contributed by atoms with van der Waals surface area (Å²) in [6, 6.07) is 3.82. The molecule has 16 heavy (non-hydrogen) atoms. The summed E-state index contributed by atoms with van der Waals surface area (Å²) in [7, 11) is 0. The Kier molecular flexibility index (Phi) is 3.39. The van der Waals surface area contributed by atoms with Crippen molar-refractivity contribution in [3.63, 3.8) is 0 Å². The Morgan fingerprint density at radius 2 is 2.44 bits per heavy atom. The fourth-order valence-corrected chi connectivity index (χ4v) is 1.79. The molecule has 0 saturated carbocycles. The van der Waals surface area contributed by atoms with Gasteiger partial charge in [-0.05, 0) is 25.0 Å². The maximum absolute atomic E-state index is 11.3. The molecule has 0 aliphatic carbocycles. The van der Waals surface area contributed by atoms with Crippen molar-refractivity contribution in [2.24, 2.45) is 0 Å². The number of ether oxygens (including phenoxy) is 1. The molecule has 1 fully saturated rings. The lowest BCUT2D eigenvalue weighted by atomic mass is 10.3. The van der Waals surface area contributed by atoms with Crippen LogP contribution in [0.4, 0.5) is 0 Å². The minimum Gasteiger partial charge on any atom is -0.476 e. The van der Waals surface area contributed by atoms with E-state index in [4.69, 9.17) is 4.74 Å². The van der Waals surface area contributed by atoms with Crippen molar-refractivity contribution in [2.45, 2.75) is 19.8 Å². The van der Waals surface area contributed by atoms with E-state index in [0.29, 0.717) is 25.5 Å². The second kappa shape index (κ2) is 4.96. The van der Waals surface area contributed by atoms with E-state index in [1.807, 2.05) is 24.0 Å². The van der Waals surface area contributed by atoms with Gasteiger partial charge in [0.2, 0.25) is 11.8 Å². The summed E-state index contributed by atoms with van der Waals surface area (Å²) in [5, 5.41) is 0. The lowest BCUT2D eigenvalue weighted by Crippen LogP contribution is -2.29. The summed E-state index contributed by atoms with van der Waals surface area (Å²) >= 11 is 0. The van der Waals surface area contributed by atoms with Gasteiger partial charge in [0, 0.05) is 25.2 Å². The molecule has 2 rings (SSSR count). The van der Waals surface area contributed by atoms with Crippen LogP contribution < -0.4 is 4.74 Å². The van der Waals surface area contributed by atoms with E-state index >= 15 is 0 Å². The van der Waals surface area contributed by atoms with Gasteiger partial charge in [-0.2, -0.15) is 0 Å². The molecule has 0 atom stereocenters. The summed E-state index contributed by atoms with van der Waals surface area (Å²) < 4.78 is 5.49. The highest BCUT2D eigenvalue weighted by molar-refractivity contribution is 5.78. The van der Waals surface area contributed by atoms with Gasteiger partial charge < -0.3 is 9.64 Å². The number of rotatable bonds is 4. The second-order valence-corrected chi connectivity index (χ2v) is 4.00. The number of pyridine rings is 1. The van der Waals surface area contributed by atoms with Gasteiger partial charge in [0.05, 0.1) is 6.54 Å². The molecular formula is C12H16N2O2. The minimum atomic E-state index is 0.237. The molecule has 1 aliphatic heterocycles. The van der Waals surface area contributed by atoms with Gasteiger partial charge in [0.25, 0.3) is 0 Å². The number of hydrogen-bond acceptors (Lipinski definition) is 3. The molecule has 4 heteroatoms. The van der Waals surface area contributed by atoms with E-state index in [1.54, 1.807) is 6.20 Å². The highest BCUT2D eigenvalue weighted by Gasteiger charge is 2.19. The monoisotopic (exact) mass is 220 g/mol. The van der Waals surface area contributed by atoms with Crippen molar-refractivity contribution in [1.29, 1.82) is 0 Å². The Hall–Kier alpha value is -1.58. The number of carbonyl (C=O) groups excluding carboxylic acids is 1. The SMILES string of the molecule is Cc1ccnc(OCCN2CCCC2=O)c1. The Labute approximate surface area is 95.2 Å². The Morgan fingerprint density at radius 1 is 1.56 bits per heavy atom. The van der Waals surface area contributed by atoms with Gasteiger partial charge in [-0.1, -0.05) is 0 Å². The van der Waals surface area contributed by atoms with Crippen LogP contribution in [0.1, 0.15) is 18.4 Å². The zero-order chi connectivity index (χ0) is 11.4. The van der Waals surface area contributed by atoms with Gasteiger partial charge in [-0.15, -0.1) is 0 Å². The molecule has 0 unspecified atom stereocenters. The number of amides is 1. The molecule has 0 spiro atoms. The normalized spacial score (nSPS) is 15.6. The molecule has 1 aromatic rings.